The van der Waals surface area contributed by atoms with Crippen LogP contribution in [0.2, 0.25) is 0 Å². The van der Waals surface area contributed by atoms with Crippen LogP contribution in [0.3, 0.4) is 0 Å². The Morgan fingerprint density at radius 3 is 1.89 bits per heavy atom. The highest BCUT2D eigenvalue weighted by Crippen LogP contribution is 2.35. The smallest absolute Gasteiger partial charge is 0.408 e. The van der Waals surface area contributed by atoms with Crippen LogP contribution in [0.4, 0.5) is 4.79 Å². The second kappa shape index (κ2) is 10.6. The molecule has 0 aromatic heterocycles. The molecule has 0 saturated carbocycles. The highest BCUT2D eigenvalue weighted by Gasteiger charge is 2.26. The monoisotopic (exact) mass is 407 g/mol. The van der Waals surface area contributed by atoms with Gasteiger partial charge in [0.1, 0.15) is 19.3 Å². The van der Waals surface area contributed by atoms with Crippen molar-refractivity contribution in [3.05, 3.63) is 71.8 Å². The van der Waals surface area contributed by atoms with Crippen molar-refractivity contribution in [3.63, 3.8) is 0 Å². The second-order valence-corrected chi connectivity index (χ2v) is 7.81. The van der Waals surface area contributed by atoms with Gasteiger partial charge in [-0.05, 0) is 17.5 Å². The van der Waals surface area contributed by atoms with E-state index in [4.69, 9.17) is 19.3 Å². The number of hydrogen-bond donors (Lipinski definition) is 3. The van der Waals surface area contributed by atoms with E-state index in [1.807, 2.05) is 12.1 Å². The Morgan fingerprint density at radius 2 is 1.39 bits per heavy atom. The van der Waals surface area contributed by atoms with Gasteiger partial charge in [0, 0.05) is 0 Å². The highest BCUT2D eigenvalue weighted by atomic mass is 31.2. The fourth-order valence-corrected chi connectivity index (χ4v) is 2.88. The summed E-state index contributed by atoms with van der Waals surface area (Å²) in [5, 5.41) is 2.32. The quantitative estimate of drug-likeness (QED) is 0.431. The molecule has 0 bridgehead atoms. The first-order valence-electron chi connectivity index (χ1n) is 8.56. The number of benzene rings is 2. The van der Waals surface area contributed by atoms with Crippen LogP contribution in [0.15, 0.2) is 60.7 Å². The molecular weight excluding hydrogens is 385 g/mol. The summed E-state index contributed by atoms with van der Waals surface area (Å²) in [6.07, 6.45) is -1.73. The first kappa shape index (κ1) is 21.6. The van der Waals surface area contributed by atoms with Gasteiger partial charge >= 0.3 is 19.7 Å². The third-order valence-electron chi connectivity index (χ3n) is 3.72. The Kier molecular flexibility index (Phi) is 8.19. The number of alkyl carbamates (subject to hydrolysis) is 1. The molecule has 0 radical (unpaired) electrons. The molecule has 2 rings (SSSR count). The zero-order valence-corrected chi connectivity index (χ0v) is 16.0. The van der Waals surface area contributed by atoms with Crippen molar-refractivity contribution in [2.45, 2.75) is 25.7 Å². The van der Waals surface area contributed by atoms with E-state index >= 15 is 0 Å². The zero-order valence-electron chi connectivity index (χ0n) is 15.1. The van der Waals surface area contributed by atoms with E-state index in [0.717, 1.165) is 11.1 Å². The number of nitrogens with one attached hydrogen (secondary N) is 1. The van der Waals surface area contributed by atoms with E-state index in [2.05, 4.69) is 5.32 Å². The van der Waals surface area contributed by atoms with Gasteiger partial charge in [0.15, 0.2) is 0 Å². The Labute approximate surface area is 162 Å². The summed E-state index contributed by atoms with van der Waals surface area (Å²) in [5.41, 5.74) is 1.51. The van der Waals surface area contributed by atoms with E-state index in [1.54, 1.807) is 48.5 Å². The number of rotatable bonds is 9. The van der Waals surface area contributed by atoms with Crippen molar-refractivity contribution in [3.8, 4) is 0 Å². The number of amides is 1. The van der Waals surface area contributed by atoms with Crippen molar-refractivity contribution < 1.29 is 33.4 Å². The first-order chi connectivity index (χ1) is 13.3. The van der Waals surface area contributed by atoms with Crippen molar-refractivity contribution in [2.75, 3.05) is 6.16 Å². The third-order valence-corrected chi connectivity index (χ3v) is 4.56. The minimum absolute atomic E-state index is 0.00303. The molecule has 9 heteroatoms. The van der Waals surface area contributed by atoms with E-state index in [9.17, 15) is 14.2 Å². The maximum atomic E-state index is 12.3. The predicted molar refractivity (Wildman–Crippen MR) is 101 cm³/mol. The molecule has 0 unspecified atom stereocenters. The zero-order chi connectivity index (χ0) is 20.4. The Morgan fingerprint density at radius 1 is 0.893 bits per heavy atom. The summed E-state index contributed by atoms with van der Waals surface area (Å²) in [6, 6.07) is 16.6. The van der Waals surface area contributed by atoms with Crippen LogP contribution < -0.4 is 5.32 Å². The van der Waals surface area contributed by atoms with E-state index < -0.39 is 31.9 Å². The third kappa shape index (κ3) is 8.35. The van der Waals surface area contributed by atoms with Gasteiger partial charge in [-0.1, -0.05) is 60.7 Å². The normalized spacial score (nSPS) is 12.1. The summed E-state index contributed by atoms with van der Waals surface area (Å²) in [7, 11) is -4.34. The van der Waals surface area contributed by atoms with Gasteiger partial charge in [-0.3, -0.25) is 4.57 Å². The lowest BCUT2D eigenvalue weighted by Crippen LogP contribution is -2.42. The molecule has 2 aromatic rings. The molecule has 0 spiro atoms. The standard InChI is InChI=1S/C19H22NO7P/c21-18(26-13-15-7-3-1-4-8-15)17(11-12-28(23,24)25)20-19(22)27-14-16-9-5-2-6-10-16/h1-10,17H,11-14H2,(H,20,22)(H2,23,24,25)/t17-/m0/s1. The Hall–Kier alpha value is -2.67. The summed E-state index contributed by atoms with van der Waals surface area (Å²) < 4.78 is 21.3. The largest absolute Gasteiger partial charge is 0.459 e. The molecule has 0 aliphatic rings. The van der Waals surface area contributed by atoms with Crippen LogP contribution in [0, 0.1) is 0 Å². The number of carbonyl (C=O) groups excluding carboxylic acids is 2. The molecule has 150 valence electrons. The molecule has 8 nitrogen and oxygen atoms in total. The molecule has 2 aromatic carbocycles. The van der Waals surface area contributed by atoms with Gasteiger partial charge in [0.05, 0.1) is 6.16 Å². The minimum Gasteiger partial charge on any atom is -0.459 e. The van der Waals surface area contributed by atoms with Gasteiger partial charge in [0.25, 0.3) is 0 Å². The van der Waals surface area contributed by atoms with Crippen molar-refractivity contribution >= 4 is 19.7 Å². The van der Waals surface area contributed by atoms with Gasteiger partial charge in [-0.2, -0.15) is 0 Å². The Balaban J connectivity index is 1.92. The van der Waals surface area contributed by atoms with Crippen LogP contribution >= 0.6 is 7.60 Å². The molecule has 0 aliphatic carbocycles. The molecule has 1 atom stereocenters. The summed E-state index contributed by atoms with van der Waals surface area (Å²) >= 11 is 0. The average molecular weight is 407 g/mol. The number of hydrogen-bond acceptors (Lipinski definition) is 5. The molecule has 28 heavy (non-hydrogen) atoms. The van der Waals surface area contributed by atoms with Crippen LogP contribution in [-0.2, 0) is 32.0 Å². The fraction of sp³-hybridized carbons (Fsp3) is 0.263. The molecule has 0 heterocycles. The van der Waals surface area contributed by atoms with Crippen molar-refractivity contribution in [1.29, 1.82) is 0 Å². The number of ether oxygens (including phenoxy) is 2. The lowest BCUT2D eigenvalue weighted by molar-refractivity contribution is -0.147. The van der Waals surface area contributed by atoms with Crippen LogP contribution in [0.5, 0.6) is 0 Å². The first-order valence-corrected chi connectivity index (χ1v) is 10.4. The highest BCUT2D eigenvalue weighted by molar-refractivity contribution is 7.51. The minimum atomic E-state index is -4.34. The SMILES string of the molecule is O=C(N[C@@H](CCP(=O)(O)O)C(=O)OCc1ccccc1)OCc1ccccc1. The number of esters is 1. The molecule has 1 amide bonds. The van der Waals surface area contributed by atoms with Crippen LogP contribution in [-0.4, -0.2) is 34.1 Å². The average Bonchev–Trinajstić information content (AvgIpc) is 2.68. The Bertz CT molecular complexity index is 808. The number of carbonyl (C=O) groups is 2. The van der Waals surface area contributed by atoms with E-state index in [-0.39, 0.29) is 19.6 Å². The molecule has 3 N–H and O–H groups in total. The van der Waals surface area contributed by atoms with Gasteiger partial charge in [-0.15, -0.1) is 0 Å². The van der Waals surface area contributed by atoms with Crippen molar-refractivity contribution in [1.82, 2.24) is 5.32 Å². The van der Waals surface area contributed by atoms with Crippen LogP contribution in [0.1, 0.15) is 17.5 Å². The van der Waals surface area contributed by atoms with Crippen LogP contribution in [0.25, 0.3) is 0 Å². The molecule has 0 aliphatic heterocycles. The van der Waals surface area contributed by atoms with Crippen molar-refractivity contribution in [2.24, 2.45) is 0 Å². The van der Waals surface area contributed by atoms with E-state index in [0.29, 0.717) is 0 Å². The summed E-state index contributed by atoms with van der Waals surface area (Å²) in [6.45, 7) is -0.0240. The molecule has 0 fully saturated rings. The topological polar surface area (TPSA) is 122 Å². The fourth-order valence-electron chi connectivity index (χ4n) is 2.28. The summed E-state index contributed by atoms with van der Waals surface area (Å²) in [4.78, 5) is 42.4. The maximum Gasteiger partial charge on any atom is 0.408 e. The molecular formula is C19H22NO7P. The lowest BCUT2D eigenvalue weighted by atomic mass is 10.2. The predicted octanol–water partition coefficient (Wildman–Crippen LogP) is 2.59. The lowest BCUT2D eigenvalue weighted by Gasteiger charge is -2.18. The van der Waals surface area contributed by atoms with Gasteiger partial charge in [0.2, 0.25) is 0 Å². The second-order valence-electron chi connectivity index (χ2n) is 6.03. The van der Waals surface area contributed by atoms with Gasteiger partial charge in [-0.25, -0.2) is 9.59 Å². The van der Waals surface area contributed by atoms with Gasteiger partial charge < -0.3 is 24.6 Å². The molecule has 0 saturated heterocycles. The summed E-state index contributed by atoms with van der Waals surface area (Å²) in [5.74, 6) is -0.797. The maximum absolute atomic E-state index is 12.3. The van der Waals surface area contributed by atoms with E-state index in [1.165, 1.54) is 0 Å².